The predicted octanol–water partition coefficient (Wildman–Crippen LogP) is 8.21. The SMILES string of the molecule is Cc1c(-c2cc3cc(CN4CC[C@H](C(=O)O)C4)cc(C#N)c3[nH]2)cccc1-c1cccc2c1CC[C@@H]2Oc1nc(OCc2ccccc2)c(CNC[C@@H](O)CC(=O)O)cc1Cl. The van der Waals surface area contributed by atoms with Crippen molar-refractivity contribution in [2.45, 2.75) is 64.5 Å². The number of aliphatic hydroxyl groups is 1. The van der Waals surface area contributed by atoms with Gasteiger partial charge >= 0.3 is 11.9 Å². The van der Waals surface area contributed by atoms with Crippen LogP contribution in [0.3, 0.4) is 0 Å². The zero-order chi connectivity index (χ0) is 42.6. The number of fused-ring (bicyclic) bond motifs is 2. The van der Waals surface area contributed by atoms with E-state index in [1.54, 1.807) is 6.07 Å². The summed E-state index contributed by atoms with van der Waals surface area (Å²) in [5.41, 5.74) is 11.4. The maximum Gasteiger partial charge on any atom is 0.307 e. The first kappa shape index (κ1) is 41.5. The first-order chi connectivity index (χ1) is 29.5. The molecule has 1 aliphatic carbocycles. The number of aliphatic hydroxyl groups excluding tert-OH is 1. The van der Waals surface area contributed by atoms with Crippen molar-refractivity contribution in [1.82, 2.24) is 20.2 Å². The van der Waals surface area contributed by atoms with Gasteiger partial charge in [0.15, 0.2) is 0 Å². The molecule has 5 N–H and O–H groups in total. The third-order valence-corrected chi connectivity index (χ3v) is 11.9. The molecule has 61 heavy (non-hydrogen) atoms. The van der Waals surface area contributed by atoms with Gasteiger partial charge < -0.3 is 35.1 Å². The summed E-state index contributed by atoms with van der Waals surface area (Å²) in [6.07, 6.45) is 0.371. The van der Waals surface area contributed by atoms with Crippen molar-refractivity contribution in [2.24, 2.45) is 5.92 Å². The number of aliphatic carboxylic acids is 2. The van der Waals surface area contributed by atoms with E-state index in [0.29, 0.717) is 54.5 Å². The number of rotatable bonds is 16. The normalized spacial score (nSPS) is 16.6. The summed E-state index contributed by atoms with van der Waals surface area (Å²) in [6, 6.07) is 32.4. The van der Waals surface area contributed by atoms with Gasteiger partial charge in [-0.15, -0.1) is 0 Å². The summed E-state index contributed by atoms with van der Waals surface area (Å²) in [4.78, 5) is 33.0. The number of H-pyrrole nitrogens is 1. The molecule has 0 unspecified atom stereocenters. The van der Waals surface area contributed by atoms with E-state index < -0.39 is 18.0 Å². The van der Waals surface area contributed by atoms with Crippen molar-refractivity contribution in [3.63, 3.8) is 0 Å². The molecule has 0 spiro atoms. The number of aromatic amines is 1. The molecule has 12 nitrogen and oxygen atoms in total. The van der Waals surface area contributed by atoms with Crippen LogP contribution in [0.4, 0.5) is 0 Å². The van der Waals surface area contributed by atoms with Crippen LogP contribution in [0.5, 0.6) is 11.8 Å². The second-order valence-corrected chi connectivity index (χ2v) is 16.3. The van der Waals surface area contributed by atoms with E-state index in [9.17, 15) is 25.1 Å². The fraction of sp³-hybridized carbons (Fsp3) is 0.292. The average Bonchev–Trinajstić information content (AvgIpc) is 4.00. The van der Waals surface area contributed by atoms with Gasteiger partial charge in [-0.05, 0) is 95.9 Å². The number of hydrogen-bond donors (Lipinski definition) is 5. The molecular weight excluding hydrogens is 794 g/mol. The number of aromatic nitrogens is 2. The topological polar surface area (TPSA) is 181 Å². The molecule has 4 aromatic carbocycles. The van der Waals surface area contributed by atoms with Crippen LogP contribution in [-0.2, 0) is 35.7 Å². The molecule has 2 aromatic heterocycles. The largest absolute Gasteiger partial charge is 0.481 e. The third-order valence-electron chi connectivity index (χ3n) is 11.6. The van der Waals surface area contributed by atoms with E-state index in [1.807, 2.05) is 42.5 Å². The highest BCUT2D eigenvalue weighted by atomic mass is 35.5. The van der Waals surface area contributed by atoms with Crippen LogP contribution in [0.25, 0.3) is 33.3 Å². The van der Waals surface area contributed by atoms with Crippen molar-refractivity contribution in [1.29, 1.82) is 5.26 Å². The van der Waals surface area contributed by atoms with Crippen LogP contribution in [0, 0.1) is 24.2 Å². The van der Waals surface area contributed by atoms with Crippen molar-refractivity contribution in [3.8, 4) is 40.2 Å². The zero-order valence-corrected chi connectivity index (χ0v) is 34.4. The molecule has 13 heteroatoms. The van der Waals surface area contributed by atoms with Gasteiger partial charge in [0, 0.05) is 48.4 Å². The minimum Gasteiger partial charge on any atom is -0.481 e. The Morgan fingerprint density at radius 2 is 1.77 bits per heavy atom. The van der Waals surface area contributed by atoms with Gasteiger partial charge in [-0.1, -0.05) is 78.3 Å². The van der Waals surface area contributed by atoms with Gasteiger partial charge in [0.2, 0.25) is 11.8 Å². The molecule has 312 valence electrons. The van der Waals surface area contributed by atoms with E-state index >= 15 is 0 Å². The van der Waals surface area contributed by atoms with Crippen molar-refractivity contribution in [2.75, 3.05) is 19.6 Å². The summed E-state index contributed by atoms with van der Waals surface area (Å²) in [6.45, 7) is 4.47. The maximum absolute atomic E-state index is 11.5. The Labute approximate surface area is 358 Å². The number of carboxylic acid groups (broad SMARTS) is 2. The Bertz CT molecular complexity index is 2640. The lowest BCUT2D eigenvalue weighted by Gasteiger charge is -2.19. The third kappa shape index (κ3) is 9.26. The number of ether oxygens (including phenoxy) is 2. The van der Waals surface area contributed by atoms with Crippen molar-refractivity contribution >= 4 is 34.4 Å². The minimum atomic E-state index is -1.08. The number of pyridine rings is 1. The van der Waals surface area contributed by atoms with Crippen LogP contribution in [0.2, 0.25) is 5.02 Å². The highest BCUT2D eigenvalue weighted by molar-refractivity contribution is 6.31. The quantitative estimate of drug-likeness (QED) is 0.0634. The van der Waals surface area contributed by atoms with Crippen molar-refractivity contribution < 1.29 is 34.4 Å². The number of nitrogens with one attached hydrogen (secondary N) is 2. The lowest BCUT2D eigenvalue weighted by molar-refractivity contribution is -0.141. The number of carbonyl (C=O) groups is 2. The molecule has 8 rings (SSSR count). The molecule has 0 radical (unpaired) electrons. The fourth-order valence-corrected chi connectivity index (χ4v) is 8.83. The first-order valence-electron chi connectivity index (χ1n) is 20.4. The molecular formula is C48H46ClN5O7. The predicted molar refractivity (Wildman–Crippen MR) is 231 cm³/mol. The molecule has 6 aromatic rings. The zero-order valence-electron chi connectivity index (χ0n) is 33.7. The van der Waals surface area contributed by atoms with E-state index in [0.717, 1.165) is 62.0 Å². The molecule has 3 heterocycles. The first-order valence-corrected chi connectivity index (χ1v) is 20.8. The summed E-state index contributed by atoms with van der Waals surface area (Å²) in [5.74, 6) is -1.64. The smallest absolute Gasteiger partial charge is 0.307 e. The van der Waals surface area contributed by atoms with Crippen molar-refractivity contribution in [3.05, 3.63) is 135 Å². The summed E-state index contributed by atoms with van der Waals surface area (Å²) < 4.78 is 12.8. The Balaban J connectivity index is 1.04. The number of likely N-dealkylation sites (tertiary alicyclic amines) is 1. The van der Waals surface area contributed by atoms with Crippen LogP contribution in [0.1, 0.15) is 64.3 Å². The molecule has 1 fully saturated rings. The van der Waals surface area contributed by atoms with Gasteiger partial charge in [-0.3, -0.25) is 14.5 Å². The van der Waals surface area contributed by atoms with Gasteiger partial charge in [0.05, 0.1) is 29.5 Å². The standard InChI is InChI=1S/C48H46ClN5O7/c1-28-36(9-5-10-37(28)42-20-32-17-30(18-33(22-50)45(32)52-42)25-54-16-15-31(26-54)48(58)59)38-11-6-12-40-39(38)13-14-43(40)61-47-41(49)19-34(23-51-24-35(55)21-44(56)57)46(53-47)60-27-29-7-3-2-4-8-29/h2-12,17-20,31,35,43,51-52,55H,13-16,21,23-27H2,1H3,(H,56,57)(H,58,59)/t31-,35-,43-/m0/s1. The lowest BCUT2D eigenvalue weighted by Crippen LogP contribution is -2.28. The summed E-state index contributed by atoms with van der Waals surface area (Å²) in [7, 11) is 0. The summed E-state index contributed by atoms with van der Waals surface area (Å²) in [5, 5.41) is 43.0. The molecule has 0 saturated carbocycles. The number of carboxylic acids is 2. The minimum absolute atomic E-state index is 0.0622. The van der Waals surface area contributed by atoms with Crippen LogP contribution >= 0.6 is 11.6 Å². The van der Waals surface area contributed by atoms with E-state index in [1.165, 1.54) is 5.56 Å². The molecule has 3 atom stereocenters. The second-order valence-electron chi connectivity index (χ2n) is 15.9. The molecule has 1 aliphatic heterocycles. The van der Waals surface area contributed by atoms with Gasteiger partial charge in [0.1, 0.15) is 23.8 Å². The number of nitrogens with zero attached hydrogens (tertiary/aromatic N) is 3. The fourth-order valence-electron chi connectivity index (χ4n) is 8.61. The molecule has 2 aliphatic rings. The number of halogens is 1. The van der Waals surface area contributed by atoms with E-state index in [4.69, 9.17) is 31.2 Å². The van der Waals surface area contributed by atoms with E-state index in [-0.39, 0.29) is 44.0 Å². The van der Waals surface area contributed by atoms with Gasteiger partial charge in [0.25, 0.3) is 0 Å². The average molecular weight is 840 g/mol. The molecule has 0 amide bonds. The maximum atomic E-state index is 11.5. The Kier molecular flexibility index (Phi) is 12.4. The van der Waals surface area contributed by atoms with E-state index in [2.05, 4.69) is 70.7 Å². The number of benzene rings is 4. The van der Waals surface area contributed by atoms with Gasteiger partial charge in [-0.2, -0.15) is 10.2 Å². The van der Waals surface area contributed by atoms with Crippen LogP contribution in [-0.4, -0.2) is 67.9 Å². The Morgan fingerprint density at radius 3 is 2.54 bits per heavy atom. The highest BCUT2D eigenvalue weighted by Gasteiger charge is 2.30. The lowest BCUT2D eigenvalue weighted by atomic mass is 9.91. The number of nitriles is 1. The Morgan fingerprint density at radius 1 is 0.984 bits per heavy atom. The second kappa shape index (κ2) is 18.2. The monoisotopic (exact) mass is 839 g/mol. The molecule has 0 bridgehead atoms. The van der Waals surface area contributed by atoms with Gasteiger partial charge in [-0.25, -0.2) is 0 Å². The van der Waals surface area contributed by atoms with Crippen LogP contribution < -0.4 is 14.8 Å². The summed E-state index contributed by atoms with van der Waals surface area (Å²) >= 11 is 6.83. The number of hydrogen-bond acceptors (Lipinski definition) is 9. The molecule has 1 saturated heterocycles. The van der Waals surface area contributed by atoms with Crippen LogP contribution in [0.15, 0.2) is 91.0 Å². The Hall–Kier alpha value is -6.23. The highest BCUT2D eigenvalue weighted by Crippen LogP contribution is 2.43.